The molecule has 20 heavy (non-hydrogen) atoms. The Bertz CT molecular complexity index is 618. The Morgan fingerprint density at radius 2 is 1.85 bits per heavy atom. The maximum atomic E-state index is 12.3. The second kappa shape index (κ2) is 5.59. The topological polar surface area (TPSA) is 36.4 Å². The van der Waals surface area contributed by atoms with Crippen LogP contribution in [0.2, 0.25) is 0 Å². The number of rotatable bonds is 2. The van der Waals surface area contributed by atoms with Gasteiger partial charge in [0.25, 0.3) is 0 Å². The van der Waals surface area contributed by atoms with E-state index in [0.29, 0.717) is 6.42 Å². The minimum atomic E-state index is 0.181. The summed E-state index contributed by atoms with van der Waals surface area (Å²) in [5, 5.41) is 1.11. The number of nitrogens with zero attached hydrogens (tertiary/aromatic N) is 3. The molecule has 1 aliphatic rings. The zero-order valence-corrected chi connectivity index (χ0v) is 11.7. The van der Waals surface area contributed by atoms with Gasteiger partial charge in [-0.05, 0) is 19.2 Å². The first-order valence-corrected chi connectivity index (χ1v) is 7.03. The van der Waals surface area contributed by atoms with E-state index in [4.69, 9.17) is 0 Å². The molecule has 0 unspecified atom stereocenters. The molecule has 0 spiro atoms. The van der Waals surface area contributed by atoms with Gasteiger partial charge in [0.05, 0.1) is 17.6 Å². The van der Waals surface area contributed by atoms with Gasteiger partial charge in [0.1, 0.15) is 0 Å². The summed E-state index contributed by atoms with van der Waals surface area (Å²) in [5.74, 6) is 0.181. The highest BCUT2D eigenvalue weighted by atomic mass is 16.2. The van der Waals surface area contributed by atoms with Crippen LogP contribution < -0.4 is 0 Å². The Hall–Kier alpha value is -1.94. The molecular formula is C16H19N3O. The quantitative estimate of drug-likeness (QED) is 0.830. The fourth-order valence-corrected chi connectivity index (χ4v) is 2.53. The first-order valence-electron chi connectivity index (χ1n) is 7.03. The van der Waals surface area contributed by atoms with Crippen LogP contribution in [0.3, 0.4) is 0 Å². The summed E-state index contributed by atoms with van der Waals surface area (Å²) in [6.45, 7) is 3.56. The van der Waals surface area contributed by atoms with E-state index in [1.807, 2.05) is 41.3 Å². The van der Waals surface area contributed by atoms with Crippen LogP contribution in [0.25, 0.3) is 10.9 Å². The number of piperazine rings is 1. The Kier molecular flexibility index (Phi) is 3.65. The highest BCUT2D eigenvalue weighted by Gasteiger charge is 2.19. The van der Waals surface area contributed by atoms with E-state index < -0.39 is 0 Å². The summed E-state index contributed by atoms with van der Waals surface area (Å²) >= 11 is 0. The summed E-state index contributed by atoms with van der Waals surface area (Å²) in [7, 11) is 2.09. The molecular weight excluding hydrogens is 250 g/mol. The average molecular weight is 269 g/mol. The lowest BCUT2D eigenvalue weighted by Gasteiger charge is -2.32. The lowest BCUT2D eigenvalue weighted by molar-refractivity contribution is -0.132. The summed E-state index contributed by atoms with van der Waals surface area (Å²) in [6, 6.07) is 12.0. The van der Waals surface area contributed by atoms with Gasteiger partial charge in [-0.15, -0.1) is 0 Å². The van der Waals surface area contributed by atoms with E-state index in [1.165, 1.54) is 0 Å². The van der Waals surface area contributed by atoms with Gasteiger partial charge in [-0.2, -0.15) is 0 Å². The number of carbonyl (C=O) groups is 1. The minimum Gasteiger partial charge on any atom is -0.340 e. The molecule has 104 valence electrons. The fraction of sp³-hybridized carbons (Fsp3) is 0.375. The third-order valence-electron chi connectivity index (χ3n) is 3.84. The van der Waals surface area contributed by atoms with Crippen molar-refractivity contribution in [3.63, 3.8) is 0 Å². The van der Waals surface area contributed by atoms with E-state index in [-0.39, 0.29) is 5.91 Å². The van der Waals surface area contributed by atoms with Gasteiger partial charge < -0.3 is 9.80 Å². The fourth-order valence-electron chi connectivity index (χ4n) is 2.53. The van der Waals surface area contributed by atoms with Crippen molar-refractivity contribution in [3.05, 3.63) is 42.1 Å². The standard InChI is InChI=1S/C16H19N3O/c1-18-8-10-19(11-9-18)16(20)12-14-7-6-13-4-2-3-5-15(13)17-14/h2-7H,8-12H2,1H3. The van der Waals surface area contributed by atoms with Crippen molar-refractivity contribution < 1.29 is 4.79 Å². The summed E-state index contributed by atoms with van der Waals surface area (Å²) < 4.78 is 0. The van der Waals surface area contributed by atoms with E-state index in [2.05, 4.69) is 16.9 Å². The first kappa shape index (κ1) is 13.1. The van der Waals surface area contributed by atoms with Crippen LogP contribution in [-0.2, 0) is 11.2 Å². The second-order valence-corrected chi connectivity index (χ2v) is 5.36. The molecule has 2 heterocycles. The smallest absolute Gasteiger partial charge is 0.228 e. The maximum absolute atomic E-state index is 12.3. The molecule has 0 atom stereocenters. The summed E-state index contributed by atoms with van der Waals surface area (Å²) in [5.41, 5.74) is 1.81. The number of aromatic nitrogens is 1. The van der Waals surface area contributed by atoms with Crippen molar-refractivity contribution in [3.8, 4) is 0 Å². The van der Waals surface area contributed by atoms with Crippen LogP contribution in [0.4, 0.5) is 0 Å². The number of carbonyl (C=O) groups excluding carboxylic acids is 1. The molecule has 0 bridgehead atoms. The number of para-hydroxylation sites is 1. The van der Waals surface area contributed by atoms with Gasteiger partial charge >= 0.3 is 0 Å². The monoisotopic (exact) mass is 269 g/mol. The average Bonchev–Trinajstić information content (AvgIpc) is 2.48. The van der Waals surface area contributed by atoms with Crippen LogP contribution >= 0.6 is 0 Å². The first-order chi connectivity index (χ1) is 9.72. The van der Waals surface area contributed by atoms with Crippen LogP contribution in [-0.4, -0.2) is 53.9 Å². The van der Waals surface area contributed by atoms with Crippen LogP contribution in [0.5, 0.6) is 0 Å². The summed E-state index contributed by atoms with van der Waals surface area (Å²) in [4.78, 5) is 21.0. The molecule has 2 aromatic rings. The number of hydrogen-bond acceptors (Lipinski definition) is 3. The number of amides is 1. The zero-order chi connectivity index (χ0) is 13.9. The van der Waals surface area contributed by atoms with Crippen LogP contribution in [0, 0.1) is 0 Å². The molecule has 1 fully saturated rings. The van der Waals surface area contributed by atoms with E-state index in [9.17, 15) is 4.79 Å². The SMILES string of the molecule is CN1CCN(C(=O)Cc2ccc3ccccc3n2)CC1. The molecule has 1 saturated heterocycles. The van der Waals surface area contributed by atoms with Gasteiger partial charge in [0.2, 0.25) is 5.91 Å². The van der Waals surface area contributed by atoms with Gasteiger partial charge in [0, 0.05) is 31.6 Å². The summed E-state index contributed by atoms with van der Waals surface area (Å²) in [6.07, 6.45) is 0.397. The number of benzene rings is 1. The highest BCUT2D eigenvalue weighted by molar-refractivity contribution is 5.81. The Morgan fingerprint density at radius 1 is 1.10 bits per heavy atom. The number of likely N-dealkylation sites (N-methyl/N-ethyl adjacent to an activating group) is 1. The van der Waals surface area contributed by atoms with Crippen molar-refractivity contribution in [2.75, 3.05) is 33.2 Å². The highest BCUT2D eigenvalue weighted by Crippen LogP contribution is 2.13. The molecule has 4 nitrogen and oxygen atoms in total. The van der Waals surface area contributed by atoms with E-state index in [0.717, 1.165) is 42.8 Å². The number of fused-ring (bicyclic) bond motifs is 1. The number of pyridine rings is 1. The van der Waals surface area contributed by atoms with Gasteiger partial charge in [0.15, 0.2) is 0 Å². The van der Waals surface area contributed by atoms with Crippen LogP contribution in [0.1, 0.15) is 5.69 Å². The molecule has 1 amide bonds. The largest absolute Gasteiger partial charge is 0.340 e. The third kappa shape index (κ3) is 2.80. The van der Waals surface area contributed by atoms with E-state index >= 15 is 0 Å². The molecule has 0 aliphatic carbocycles. The molecule has 1 aromatic carbocycles. The molecule has 4 heteroatoms. The van der Waals surface area contributed by atoms with Crippen molar-refractivity contribution in [2.24, 2.45) is 0 Å². The van der Waals surface area contributed by atoms with Gasteiger partial charge in [-0.3, -0.25) is 9.78 Å². The van der Waals surface area contributed by atoms with Crippen LogP contribution in [0.15, 0.2) is 36.4 Å². The lowest BCUT2D eigenvalue weighted by atomic mass is 10.1. The lowest BCUT2D eigenvalue weighted by Crippen LogP contribution is -2.47. The molecule has 3 rings (SSSR count). The van der Waals surface area contributed by atoms with Crippen molar-refractivity contribution in [2.45, 2.75) is 6.42 Å². The molecule has 0 saturated carbocycles. The zero-order valence-electron chi connectivity index (χ0n) is 11.7. The predicted molar refractivity (Wildman–Crippen MR) is 79.5 cm³/mol. The predicted octanol–water partition coefficient (Wildman–Crippen LogP) is 1.55. The Balaban J connectivity index is 1.71. The van der Waals surface area contributed by atoms with Gasteiger partial charge in [-0.1, -0.05) is 24.3 Å². The molecule has 1 aromatic heterocycles. The third-order valence-corrected chi connectivity index (χ3v) is 3.84. The van der Waals surface area contributed by atoms with Crippen molar-refractivity contribution in [1.82, 2.24) is 14.8 Å². The second-order valence-electron chi connectivity index (χ2n) is 5.36. The normalized spacial score (nSPS) is 16.6. The van der Waals surface area contributed by atoms with Crippen molar-refractivity contribution >= 4 is 16.8 Å². The Morgan fingerprint density at radius 3 is 2.65 bits per heavy atom. The molecule has 0 N–H and O–H groups in total. The van der Waals surface area contributed by atoms with E-state index in [1.54, 1.807) is 0 Å². The minimum absolute atomic E-state index is 0.181. The molecule has 0 radical (unpaired) electrons. The molecule has 1 aliphatic heterocycles. The number of hydrogen-bond donors (Lipinski definition) is 0. The van der Waals surface area contributed by atoms with Gasteiger partial charge in [-0.25, -0.2) is 0 Å². The Labute approximate surface area is 119 Å². The maximum Gasteiger partial charge on any atom is 0.228 e. The van der Waals surface area contributed by atoms with Crippen molar-refractivity contribution in [1.29, 1.82) is 0 Å².